The minimum atomic E-state index is -0.142. The molecule has 4 N–H and O–H groups in total. The molecule has 196 valence electrons. The van der Waals surface area contributed by atoms with Crippen molar-refractivity contribution in [1.29, 1.82) is 0 Å². The second kappa shape index (κ2) is 8.90. The number of carbonyl (C=O) groups is 2. The predicted molar refractivity (Wildman–Crippen MR) is 144 cm³/mol. The first-order chi connectivity index (χ1) is 19.0. The number of Topliss-reactive ketones (excluding diaryl/α,β-unsaturated/α-hetero) is 1. The first-order valence-electron chi connectivity index (χ1n) is 13.1. The van der Waals surface area contributed by atoms with Gasteiger partial charge in [0.1, 0.15) is 11.5 Å². The predicted octanol–water partition coefficient (Wildman–Crippen LogP) is 3.85. The molecule has 0 unspecified atom stereocenters. The number of nitrogens with one attached hydrogen (secondary N) is 2. The molecule has 39 heavy (non-hydrogen) atoms. The minimum absolute atomic E-state index is 0.00572. The van der Waals surface area contributed by atoms with Crippen LogP contribution in [0.4, 0.5) is 5.82 Å². The number of amides is 1. The molecule has 0 radical (unpaired) electrons. The van der Waals surface area contributed by atoms with E-state index in [4.69, 9.17) is 10.7 Å². The van der Waals surface area contributed by atoms with Gasteiger partial charge in [-0.3, -0.25) is 14.6 Å². The molecule has 11 heteroatoms. The molecule has 0 aromatic carbocycles. The smallest absolute Gasteiger partial charge is 0.255 e. The lowest BCUT2D eigenvalue weighted by atomic mass is 9.85. The molecule has 2 aliphatic heterocycles. The molecule has 2 aliphatic rings. The third-order valence-electron chi connectivity index (χ3n) is 8.08. The third-order valence-corrected chi connectivity index (χ3v) is 8.08. The van der Waals surface area contributed by atoms with Crippen LogP contribution in [0.15, 0.2) is 55.4 Å². The van der Waals surface area contributed by atoms with Crippen LogP contribution in [0.5, 0.6) is 0 Å². The van der Waals surface area contributed by atoms with Gasteiger partial charge >= 0.3 is 0 Å². The highest BCUT2D eigenvalue weighted by Gasteiger charge is 2.45. The van der Waals surface area contributed by atoms with E-state index in [-0.39, 0.29) is 35.5 Å². The number of aromatic nitrogens is 7. The van der Waals surface area contributed by atoms with Crippen molar-refractivity contribution in [3.8, 4) is 22.6 Å². The Balaban J connectivity index is 1.27. The summed E-state index contributed by atoms with van der Waals surface area (Å²) < 4.78 is 1.54. The zero-order valence-corrected chi connectivity index (χ0v) is 21.3. The Bertz CT molecular complexity index is 1670. The Morgan fingerprint density at radius 1 is 1.05 bits per heavy atom. The highest BCUT2D eigenvalue weighted by molar-refractivity contribution is 6.00. The van der Waals surface area contributed by atoms with Gasteiger partial charge in [-0.15, -0.1) is 0 Å². The first-order valence-corrected chi connectivity index (χ1v) is 13.1. The van der Waals surface area contributed by atoms with Crippen LogP contribution in [-0.4, -0.2) is 63.2 Å². The number of anilines is 1. The van der Waals surface area contributed by atoms with Gasteiger partial charge < -0.3 is 20.6 Å². The highest BCUT2D eigenvalue weighted by Crippen LogP contribution is 2.45. The fraction of sp³-hybridized carbons (Fsp3) is 0.286. The van der Waals surface area contributed by atoms with E-state index < -0.39 is 0 Å². The fourth-order valence-corrected chi connectivity index (χ4v) is 6.33. The molecule has 11 nitrogen and oxygen atoms in total. The maximum atomic E-state index is 13.2. The number of hydrogen-bond donors (Lipinski definition) is 3. The molecule has 7 rings (SSSR count). The summed E-state index contributed by atoms with van der Waals surface area (Å²) in [4.78, 5) is 48.0. The second-order valence-corrected chi connectivity index (χ2v) is 10.3. The number of carbonyl (C=O) groups excluding carboxylic acids is 2. The van der Waals surface area contributed by atoms with E-state index in [0.717, 1.165) is 42.5 Å². The van der Waals surface area contributed by atoms with Gasteiger partial charge in [0.25, 0.3) is 5.91 Å². The number of rotatable bonds is 5. The molecule has 0 saturated carbocycles. The first kappa shape index (κ1) is 23.3. The van der Waals surface area contributed by atoms with E-state index in [1.807, 2.05) is 23.1 Å². The van der Waals surface area contributed by atoms with Crippen molar-refractivity contribution in [2.45, 2.75) is 50.6 Å². The molecule has 7 heterocycles. The molecule has 0 aliphatic carbocycles. The van der Waals surface area contributed by atoms with Crippen molar-refractivity contribution in [2.24, 2.45) is 0 Å². The number of H-pyrrole nitrogens is 2. The van der Waals surface area contributed by atoms with Crippen molar-refractivity contribution in [3.05, 3.63) is 72.2 Å². The summed E-state index contributed by atoms with van der Waals surface area (Å²) in [5.74, 6) is 0.892. The molecule has 2 saturated heterocycles. The van der Waals surface area contributed by atoms with Crippen LogP contribution >= 0.6 is 0 Å². The van der Waals surface area contributed by atoms with Crippen LogP contribution in [0.25, 0.3) is 28.3 Å². The number of nitrogens with two attached hydrogens (primary N) is 1. The summed E-state index contributed by atoms with van der Waals surface area (Å²) in [6.07, 6.45) is 13.8. The van der Waals surface area contributed by atoms with Crippen LogP contribution in [0.3, 0.4) is 0 Å². The lowest BCUT2D eigenvalue weighted by Crippen LogP contribution is -2.46. The van der Waals surface area contributed by atoms with Gasteiger partial charge in [-0.25, -0.2) is 9.97 Å². The average Bonchev–Trinajstić information content (AvgIpc) is 3.75. The Morgan fingerprint density at radius 3 is 2.51 bits per heavy atom. The molecule has 5 aromatic heterocycles. The van der Waals surface area contributed by atoms with Crippen LogP contribution in [0.1, 0.15) is 64.9 Å². The van der Waals surface area contributed by atoms with Crippen molar-refractivity contribution >= 4 is 23.2 Å². The standard InChI is InChI=1S/C28H27N9O2/c1-15(38)23-24(18-10-19-3-4-20(11-18)36(19)28(39)17-6-7-30-12-17)35-27-21(14-34-37(27)25(23)29)16-2-5-22(33-13-16)26-31-8-9-32-26/h2,5-9,12-14,18-20,30H,3-4,10-11,29H2,1H3,(H,31,32)/t18-,19-,20+. The van der Waals surface area contributed by atoms with Crippen LogP contribution in [0, 0.1) is 0 Å². The Labute approximate surface area is 223 Å². The monoisotopic (exact) mass is 521 g/mol. The van der Waals surface area contributed by atoms with Crippen molar-refractivity contribution < 1.29 is 9.59 Å². The summed E-state index contributed by atoms with van der Waals surface area (Å²) in [6.45, 7) is 1.52. The number of nitrogen functional groups attached to an aromatic ring is 1. The van der Waals surface area contributed by atoms with Gasteiger partial charge in [0.15, 0.2) is 17.3 Å². The molecular formula is C28H27N9O2. The van der Waals surface area contributed by atoms with Gasteiger partial charge in [0.05, 0.1) is 23.0 Å². The number of aromatic amines is 2. The molecule has 3 atom stereocenters. The average molecular weight is 522 g/mol. The molecule has 5 aromatic rings. The summed E-state index contributed by atoms with van der Waals surface area (Å²) in [6, 6.07) is 5.84. The largest absolute Gasteiger partial charge is 0.383 e. The number of imidazole rings is 1. The molecular weight excluding hydrogens is 494 g/mol. The number of fused-ring (bicyclic) bond motifs is 3. The number of piperidine rings is 1. The zero-order valence-electron chi connectivity index (χ0n) is 21.3. The number of nitrogens with zero attached hydrogens (tertiary/aromatic N) is 6. The van der Waals surface area contributed by atoms with Gasteiger partial charge in [-0.05, 0) is 44.7 Å². The summed E-state index contributed by atoms with van der Waals surface area (Å²) in [5.41, 5.74) is 11.3. The maximum absolute atomic E-state index is 13.2. The quantitative estimate of drug-likeness (QED) is 0.297. The molecule has 2 fully saturated rings. The third kappa shape index (κ3) is 3.72. The van der Waals surface area contributed by atoms with E-state index in [2.05, 4.69) is 25.0 Å². The van der Waals surface area contributed by atoms with Gasteiger partial charge in [0, 0.05) is 60.1 Å². The Kier molecular flexibility index (Phi) is 5.32. The van der Waals surface area contributed by atoms with Gasteiger partial charge in [-0.2, -0.15) is 9.61 Å². The second-order valence-electron chi connectivity index (χ2n) is 10.3. The molecule has 1 amide bonds. The van der Waals surface area contributed by atoms with Crippen LogP contribution in [-0.2, 0) is 0 Å². The fourth-order valence-electron chi connectivity index (χ4n) is 6.33. The maximum Gasteiger partial charge on any atom is 0.255 e. The van der Waals surface area contributed by atoms with Gasteiger partial charge in [0.2, 0.25) is 0 Å². The van der Waals surface area contributed by atoms with E-state index in [1.165, 1.54) is 11.4 Å². The Hall–Kier alpha value is -4.80. The van der Waals surface area contributed by atoms with E-state index in [0.29, 0.717) is 28.3 Å². The minimum Gasteiger partial charge on any atom is -0.383 e. The normalized spacial score (nSPS) is 20.5. The lowest BCUT2D eigenvalue weighted by Gasteiger charge is -2.39. The van der Waals surface area contributed by atoms with Crippen molar-refractivity contribution in [1.82, 2.24) is 39.4 Å². The topological polar surface area (TPSA) is 151 Å². The highest BCUT2D eigenvalue weighted by atomic mass is 16.2. The lowest BCUT2D eigenvalue weighted by molar-refractivity contribution is 0.0568. The molecule has 0 spiro atoms. The summed E-state index contributed by atoms with van der Waals surface area (Å²) >= 11 is 0. The SMILES string of the molecule is CC(=O)c1c([C@@H]2C[C@H]3CC[C@@H](C2)N3C(=O)c2cc[nH]c2)nc2c(-c3ccc(-c4ncc[nH]4)nc3)cnn2c1N. The van der Waals surface area contributed by atoms with Crippen LogP contribution < -0.4 is 5.73 Å². The summed E-state index contributed by atoms with van der Waals surface area (Å²) in [7, 11) is 0. The number of pyridine rings is 1. The van der Waals surface area contributed by atoms with Crippen LogP contribution in [0.2, 0.25) is 0 Å². The van der Waals surface area contributed by atoms with Gasteiger partial charge in [-0.1, -0.05) is 6.07 Å². The zero-order chi connectivity index (χ0) is 26.7. The van der Waals surface area contributed by atoms with E-state index in [9.17, 15) is 9.59 Å². The van der Waals surface area contributed by atoms with E-state index in [1.54, 1.807) is 37.2 Å². The summed E-state index contributed by atoms with van der Waals surface area (Å²) in [5, 5.41) is 4.48. The van der Waals surface area contributed by atoms with Crippen molar-refractivity contribution in [3.63, 3.8) is 0 Å². The van der Waals surface area contributed by atoms with Crippen molar-refractivity contribution in [2.75, 3.05) is 5.73 Å². The Morgan fingerprint density at radius 2 is 1.87 bits per heavy atom. The molecule has 2 bridgehead atoms. The number of hydrogen-bond acceptors (Lipinski definition) is 7. The van der Waals surface area contributed by atoms with E-state index >= 15 is 0 Å². The number of ketones is 1.